The molecule has 3 aromatic rings. The molecule has 0 aliphatic heterocycles. The van der Waals surface area contributed by atoms with E-state index in [0.717, 1.165) is 26.6 Å². The van der Waals surface area contributed by atoms with Gasteiger partial charge in [-0.25, -0.2) is 8.42 Å². The van der Waals surface area contributed by atoms with Crippen LogP contribution in [0.5, 0.6) is 5.75 Å². The zero-order valence-corrected chi connectivity index (χ0v) is 23.5. The van der Waals surface area contributed by atoms with E-state index in [-0.39, 0.29) is 23.0 Å². The van der Waals surface area contributed by atoms with Crippen molar-refractivity contribution in [2.24, 2.45) is 0 Å². The summed E-state index contributed by atoms with van der Waals surface area (Å²) in [5, 5.41) is 2.58. The largest absolute Gasteiger partial charge is 0.495 e. The first-order valence-electron chi connectivity index (χ1n) is 12.3. The Bertz CT molecular complexity index is 1390. The molecule has 1 atom stereocenters. The van der Waals surface area contributed by atoms with Crippen LogP contribution in [0.25, 0.3) is 0 Å². The number of sulfonamides is 1. The summed E-state index contributed by atoms with van der Waals surface area (Å²) >= 11 is 0. The maximum atomic E-state index is 14.0. The van der Waals surface area contributed by atoms with Crippen LogP contribution in [0.2, 0.25) is 0 Å². The molecule has 0 unspecified atom stereocenters. The number of benzene rings is 3. The molecule has 2 amide bonds. The number of ether oxygens (including phenoxy) is 1. The molecule has 0 saturated carbocycles. The molecule has 1 N–H and O–H groups in total. The van der Waals surface area contributed by atoms with Crippen molar-refractivity contribution in [3.8, 4) is 5.75 Å². The molecule has 0 heterocycles. The number of nitrogens with one attached hydrogen (secondary N) is 1. The molecule has 0 radical (unpaired) electrons. The lowest BCUT2D eigenvalue weighted by Crippen LogP contribution is -2.50. The van der Waals surface area contributed by atoms with E-state index in [4.69, 9.17) is 4.74 Å². The number of rotatable bonds is 10. The Hall–Kier alpha value is -3.85. The number of aryl methyl sites for hydroxylation is 3. The molecule has 0 aliphatic rings. The minimum Gasteiger partial charge on any atom is -0.495 e. The highest BCUT2D eigenvalue weighted by atomic mass is 32.2. The van der Waals surface area contributed by atoms with Crippen molar-refractivity contribution in [1.82, 2.24) is 10.2 Å². The molecular weight excluding hydrogens is 502 g/mol. The molecule has 0 aromatic heterocycles. The van der Waals surface area contributed by atoms with Gasteiger partial charge in [0.1, 0.15) is 18.3 Å². The minimum absolute atomic E-state index is 0.0453. The fourth-order valence-corrected chi connectivity index (χ4v) is 5.44. The number of amides is 2. The van der Waals surface area contributed by atoms with Gasteiger partial charge in [0.15, 0.2) is 0 Å². The molecule has 38 heavy (non-hydrogen) atoms. The lowest BCUT2D eigenvalue weighted by molar-refractivity contribution is -0.139. The number of carbonyl (C=O) groups excluding carboxylic acids is 2. The smallest absolute Gasteiger partial charge is 0.264 e. The summed E-state index contributed by atoms with van der Waals surface area (Å²) in [6, 6.07) is 18.4. The van der Waals surface area contributed by atoms with Gasteiger partial charge in [-0.2, -0.15) is 0 Å². The highest BCUT2D eigenvalue weighted by Gasteiger charge is 2.33. The Morgan fingerprint density at radius 3 is 2.00 bits per heavy atom. The Morgan fingerprint density at radius 2 is 1.45 bits per heavy atom. The molecule has 0 spiro atoms. The molecule has 8 nitrogen and oxygen atoms in total. The number of hydrogen-bond acceptors (Lipinski definition) is 5. The summed E-state index contributed by atoms with van der Waals surface area (Å²) in [4.78, 5) is 27.9. The van der Waals surface area contributed by atoms with E-state index in [1.54, 1.807) is 37.3 Å². The Kier molecular flexibility index (Phi) is 9.17. The lowest BCUT2D eigenvalue weighted by atomic mass is 10.1. The molecule has 3 aromatic carbocycles. The van der Waals surface area contributed by atoms with Gasteiger partial charge in [-0.05, 0) is 63.1 Å². The van der Waals surface area contributed by atoms with Gasteiger partial charge >= 0.3 is 0 Å². The number of methoxy groups -OCH3 is 1. The van der Waals surface area contributed by atoms with Crippen molar-refractivity contribution < 1.29 is 22.7 Å². The first kappa shape index (κ1) is 28.7. The summed E-state index contributed by atoms with van der Waals surface area (Å²) in [5.41, 5.74) is 3.83. The van der Waals surface area contributed by atoms with Crippen molar-refractivity contribution in [3.63, 3.8) is 0 Å². The van der Waals surface area contributed by atoms with Crippen molar-refractivity contribution in [1.29, 1.82) is 0 Å². The van der Waals surface area contributed by atoms with Crippen LogP contribution < -0.4 is 14.4 Å². The van der Waals surface area contributed by atoms with Crippen LogP contribution in [0, 0.1) is 20.8 Å². The molecule has 0 aliphatic carbocycles. The van der Waals surface area contributed by atoms with Gasteiger partial charge in [0.2, 0.25) is 11.8 Å². The second kappa shape index (κ2) is 12.1. The molecule has 9 heteroatoms. The van der Waals surface area contributed by atoms with Crippen molar-refractivity contribution in [3.05, 3.63) is 89.0 Å². The van der Waals surface area contributed by atoms with Gasteiger partial charge in [-0.15, -0.1) is 0 Å². The third-order valence-electron chi connectivity index (χ3n) is 6.38. The Labute approximate surface area is 225 Å². The average molecular weight is 538 g/mol. The molecular formula is C29H35N3O5S. The van der Waals surface area contributed by atoms with Crippen LogP contribution >= 0.6 is 0 Å². The first-order valence-corrected chi connectivity index (χ1v) is 13.7. The van der Waals surface area contributed by atoms with Crippen molar-refractivity contribution in [2.75, 3.05) is 25.0 Å². The van der Waals surface area contributed by atoms with E-state index in [1.807, 2.05) is 45.0 Å². The maximum absolute atomic E-state index is 14.0. The van der Waals surface area contributed by atoms with Gasteiger partial charge in [-0.3, -0.25) is 13.9 Å². The Morgan fingerprint density at radius 1 is 0.895 bits per heavy atom. The number of hydrogen-bond donors (Lipinski definition) is 1. The molecule has 0 bridgehead atoms. The predicted octanol–water partition coefficient (Wildman–Crippen LogP) is 3.98. The molecule has 3 rings (SSSR count). The summed E-state index contributed by atoms with van der Waals surface area (Å²) < 4.78 is 34.5. The van der Waals surface area contributed by atoms with Gasteiger partial charge in [0, 0.05) is 13.6 Å². The van der Waals surface area contributed by atoms with Gasteiger partial charge < -0.3 is 15.0 Å². The Balaban J connectivity index is 2.10. The van der Waals surface area contributed by atoms with Crippen molar-refractivity contribution in [2.45, 2.75) is 45.2 Å². The predicted molar refractivity (Wildman–Crippen MR) is 149 cm³/mol. The zero-order chi connectivity index (χ0) is 28.0. The third-order valence-corrected chi connectivity index (χ3v) is 8.15. The summed E-state index contributed by atoms with van der Waals surface area (Å²) in [6.45, 7) is 6.89. The van der Waals surface area contributed by atoms with E-state index in [0.29, 0.717) is 5.75 Å². The molecule has 202 valence electrons. The van der Waals surface area contributed by atoms with Gasteiger partial charge in [0.05, 0.1) is 17.7 Å². The van der Waals surface area contributed by atoms with E-state index >= 15 is 0 Å². The number of anilines is 1. The quantitative estimate of drug-likeness (QED) is 0.422. The normalized spacial score (nSPS) is 11.9. The van der Waals surface area contributed by atoms with Crippen LogP contribution in [0.15, 0.2) is 71.6 Å². The van der Waals surface area contributed by atoms with Crippen LogP contribution in [0.4, 0.5) is 5.69 Å². The second-order valence-electron chi connectivity index (χ2n) is 9.30. The summed E-state index contributed by atoms with van der Waals surface area (Å²) in [7, 11) is -1.23. The summed E-state index contributed by atoms with van der Waals surface area (Å²) in [6.07, 6.45) is 0. The monoisotopic (exact) mass is 537 g/mol. The van der Waals surface area contributed by atoms with Crippen molar-refractivity contribution >= 4 is 27.5 Å². The average Bonchev–Trinajstić information content (AvgIpc) is 2.90. The fraction of sp³-hybridized carbons (Fsp3) is 0.310. The van der Waals surface area contributed by atoms with E-state index in [2.05, 4.69) is 5.32 Å². The SMILES string of the molecule is CNC(=O)[C@@H](C)N(Cc1ccc(C)cc1)C(=O)CN(c1cc(C)ccc1OC)S(=O)(=O)c1ccc(C)cc1. The number of carbonyl (C=O) groups is 2. The minimum atomic E-state index is -4.17. The van der Waals surface area contributed by atoms with Gasteiger partial charge in [-0.1, -0.05) is 53.6 Å². The zero-order valence-electron chi connectivity index (χ0n) is 22.7. The van der Waals surface area contributed by atoms with Gasteiger partial charge in [0.25, 0.3) is 10.0 Å². The topological polar surface area (TPSA) is 96.0 Å². The highest BCUT2D eigenvalue weighted by molar-refractivity contribution is 7.92. The van der Waals surface area contributed by atoms with Crippen LogP contribution in [-0.4, -0.2) is 51.9 Å². The first-order chi connectivity index (χ1) is 18.0. The molecule has 0 saturated heterocycles. The lowest BCUT2D eigenvalue weighted by Gasteiger charge is -2.32. The van der Waals surface area contributed by atoms with Crippen LogP contribution in [0.3, 0.4) is 0 Å². The standard InChI is InChI=1S/C29H35N3O5S/c1-20-7-12-24(13-8-20)18-31(23(4)29(34)30-5)28(33)19-32(26-17-22(3)11-16-27(26)37-6)38(35,36)25-14-9-21(2)10-15-25/h7-17,23H,18-19H2,1-6H3,(H,30,34)/t23-/m1/s1. The number of nitrogens with zero attached hydrogens (tertiary/aromatic N) is 2. The fourth-order valence-electron chi connectivity index (χ4n) is 4.03. The van der Waals surface area contributed by atoms with E-state index < -0.39 is 28.5 Å². The summed E-state index contributed by atoms with van der Waals surface area (Å²) in [5.74, 6) is -0.573. The third kappa shape index (κ3) is 6.52. The van der Waals surface area contributed by atoms with E-state index in [1.165, 1.54) is 31.2 Å². The number of likely N-dealkylation sites (N-methyl/N-ethyl adjacent to an activating group) is 1. The maximum Gasteiger partial charge on any atom is 0.264 e. The second-order valence-corrected chi connectivity index (χ2v) is 11.2. The van der Waals surface area contributed by atoms with Crippen LogP contribution in [-0.2, 0) is 26.2 Å². The molecule has 0 fully saturated rings. The van der Waals surface area contributed by atoms with E-state index in [9.17, 15) is 18.0 Å². The highest BCUT2D eigenvalue weighted by Crippen LogP contribution is 2.33. The van der Waals surface area contributed by atoms with Crippen LogP contribution in [0.1, 0.15) is 29.2 Å².